The first-order valence-electron chi connectivity index (χ1n) is 7.04. The highest BCUT2D eigenvalue weighted by atomic mass is 16.3. The molecule has 0 spiro atoms. The number of piperazine rings is 1. The van der Waals surface area contributed by atoms with Gasteiger partial charge in [0.2, 0.25) is 0 Å². The summed E-state index contributed by atoms with van der Waals surface area (Å²) in [5.74, 6) is 0. The molecule has 0 saturated carbocycles. The number of aromatic nitrogens is 1. The minimum Gasteiger partial charge on any atom is -0.389 e. The van der Waals surface area contributed by atoms with Crippen LogP contribution >= 0.6 is 0 Å². The van der Waals surface area contributed by atoms with Gasteiger partial charge in [0.05, 0.1) is 5.60 Å². The standard InChI is InChI=1S/C15H25N3O/c1-13(14-5-4-6-16-11-14)18-9-7-17(8-10-18)12-15(2,3)19/h4-6,11,13,19H,7-10,12H2,1-3H3. The van der Waals surface area contributed by atoms with Crippen molar-refractivity contribution in [3.63, 3.8) is 0 Å². The van der Waals surface area contributed by atoms with Crippen LogP contribution in [0.5, 0.6) is 0 Å². The van der Waals surface area contributed by atoms with E-state index in [2.05, 4.69) is 27.8 Å². The summed E-state index contributed by atoms with van der Waals surface area (Å²) in [6, 6.07) is 4.55. The van der Waals surface area contributed by atoms with Crippen molar-refractivity contribution in [3.8, 4) is 0 Å². The van der Waals surface area contributed by atoms with Crippen molar-refractivity contribution in [3.05, 3.63) is 30.1 Å². The Morgan fingerprint density at radius 1 is 1.32 bits per heavy atom. The first-order valence-corrected chi connectivity index (χ1v) is 7.04. The minimum atomic E-state index is -0.600. The van der Waals surface area contributed by atoms with Crippen LogP contribution in [-0.4, -0.2) is 58.2 Å². The van der Waals surface area contributed by atoms with Gasteiger partial charge in [-0.3, -0.25) is 14.8 Å². The second-order valence-electron chi connectivity index (χ2n) is 6.09. The molecule has 4 heteroatoms. The van der Waals surface area contributed by atoms with Crippen LogP contribution in [0.15, 0.2) is 24.5 Å². The van der Waals surface area contributed by atoms with E-state index >= 15 is 0 Å². The van der Waals surface area contributed by atoms with Crippen LogP contribution in [0.3, 0.4) is 0 Å². The molecule has 0 bridgehead atoms. The molecule has 2 rings (SSSR count). The number of rotatable bonds is 4. The molecule has 2 heterocycles. The van der Waals surface area contributed by atoms with Crippen LogP contribution in [0.4, 0.5) is 0 Å². The molecule has 0 aliphatic carbocycles. The zero-order chi connectivity index (χ0) is 13.9. The van der Waals surface area contributed by atoms with Crippen LogP contribution in [0, 0.1) is 0 Å². The Bertz CT molecular complexity index is 380. The van der Waals surface area contributed by atoms with E-state index in [-0.39, 0.29) is 0 Å². The van der Waals surface area contributed by atoms with Gasteiger partial charge < -0.3 is 5.11 Å². The Morgan fingerprint density at radius 2 is 2.00 bits per heavy atom. The summed E-state index contributed by atoms with van der Waals surface area (Å²) in [5.41, 5.74) is 0.676. The average molecular weight is 263 g/mol. The van der Waals surface area contributed by atoms with E-state index in [0.717, 1.165) is 32.7 Å². The summed E-state index contributed by atoms with van der Waals surface area (Å²) in [6.07, 6.45) is 3.77. The number of pyridine rings is 1. The number of β-amino-alcohol motifs (C(OH)–C–C–N with tert-alkyl or cyclic N) is 1. The first-order chi connectivity index (χ1) is 8.96. The Hall–Kier alpha value is -0.970. The molecule has 1 saturated heterocycles. The van der Waals surface area contributed by atoms with Crippen molar-refractivity contribution in [2.75, 3.05) is 32.7 Å². The molecule has 1 aliphatic heterocycles. The average Bonchev–Trinajstić information content (AvgIpc) is 2.38. The lowest BCUT2D eigenvalue weighted by Crippen LogP contribution is -2.50. The van der Waals surface area contributed by atoms with Gasteiger partial charge in [-0.25, -0.2) is 0 Å². The second-order valence-corrected chi connectivity index (χ2v) is 6.09. The minimum absolute atomic E-state index is 0.415. The molecule has 1 N–H and O–H groups in total. The smallest absolute Gasteiger partial charge is 0.0718 e. The third-order valence-corrected chi connectivity index (χ3v) is 3.73. The van der Waals surface area contributed by atoms with E-state index in [1.807, 2.05) is 32.3 Å². The van der Waals surface area contributed by atoms with Gasteiger partial charge in [-0.2, -0.15) is 0 Å². The van der Waals surface area contributed by atoms with E-state index < -0.39 is 5.60 Å². The summed E-state index contributed by atoms with van der Waals surface area (Å²) >= 11 is 0. The van der Waals surface area contributed by atoms with Crippen LogP contribution in [0.2, 0.25) is 0 Å². The molecule has 0 radical (unpaired) electrons. The van der Waals surface area contributed by atoms with Gasteiger partial charge in [0.1, 0.15) is 0 Å². The van der Waals surface area contributed by atoms with E-state index in [0.29, 0.717) is 6.04 Å². The van der Waals surface area contributed by atoms with E-state index in [1.54, 1.807) is 0 Å². The highest BCUT2D eigenvalue weighted by Crippen LogP contribution is 2.21. The number of nitrogens with zero attached hydrogens (tertiary/aromatic N) is 3. The lowest BCUT2D eigenvalue weighted by molar-refractivity contribution is 0.0120. The molecule has 19 heavy (non-hydrogen) atoms. The number of hydrogen-bond donors (Lipinski definition) is 1. The van der Waals surface area contributed by atoms with Crippen molar-refractivity contribution in [2.45, 2.75) is 32.4 Å². The van der Waals surface area contributed by atoms with Crippen molar-refractivity contribution in [1.29, 1.82) is 0 Å². The first kappa shape index (κ1) is 14.4. The van der Waals surface area contributed by atoms with Gasteiger partial charge >= 0.3 is 0 Å². The van der Waals surface area contributed by atoms with E-state index in [4.69, 9.17) is 0 Å². The monoisotopic (exact) mass is 263 g/mol. The molecule has 0 amide bonds. The summed E-state index contributed by atoms with van der Waals surface area (Å²) in [7, 11) is 0. The summed E-state index contributed by atoms with van der Waals surface area (Å²) in [4.78, 5) is 9.02. The van der Waals surface area contributed by atoms with E-state index in [1.165, 1.54) is 5.56 Å². The molecule has 1 atom stereocenters. The highest BCUT2D eigenvalue weighted by Gasteiger charge is 2.25. The fourth-order valence-corrected chi connectivity index (χ4v) is 2.69. The number of aliphatic hydroxyl groups is 1. The predicted octanol–water partition coefficient (Wildman–Crippen LogP) is 1.53. The Morgan fingerprint density at radius 3 is 2.53 bits per heavy atom. The van der Waals surface area contributed by atoms with Crippen LogP contribution in [-0.2, 0) is 0 Å². The van der Waals surface area contributed by atoms with Gasteiger partial charge in [-0.1, -0.05) is 6.07 Å². The zero-order valence-electron chi connectivity index (χ0n) is 12.2. The Kier molecular flexibility index (Phi) is 4.55. The van der Waals surface area contributed by atoms with Crippen LogP contribution < -0.4 is 0 Å². The predicted molar refractivity (Wildman–Crippen MR) is 77.0 cm³/mol. The van der Waals surface area contributed by atoms with E-state index in [9.17, 15) is 5.11 Å². The third kappa shape index (κ3) is 4.27. The van der Waals surface area contributed by atoms with Gasteiger partial charge in [0.25, 0.3) is 0 Å². The normalized spacial score (nSPS) is 20.4. The summed E-state index contributed by atoms with van der Waals surface area (Å²) in [6.45, 7) is 10.9. The molecule has 1 unspecified atom stereocenters. The molecule has 1 fully saturated rings. The van der Waals surface area contributed by atoms with Crippen molar-refractivity contribution < 1.29 is 5.11 Å². The Balaban J connectivity index is 1.86. The summed E-state index contributed by atoms with van der Waals surface area (Å²) < 4.78 is 0. The molecule has 1 aromatic rings. The van der Waals surface area contributed by atoms with Gasteiger partial charge in [0.15, 0.2) is 0 Å². The third-order valence-electron chi connectivity index (χ3n) is 3.73. The van der Waals surface area contributed by atoms with Crippen molar-refractivity contribution in [1.82, 2.24) is 14.8 Å². The lowest BCUT2D eigenvalue weighted by Gasteiger charge is -2.39. The fourth-order valence-electron chi connectivity index (χ4n) is 2.69. The molecule has 106 valence electrons. The second kappa shape index (κ2) is 5.99. The molecule has 4 nitrogen and oxygen atoms in total. The fraction of sp³-hybridized carbons (Fsp3) is 0.667. The van der Waals surface area contributed by atoms with Crippen molar-refractivity contribution >= 4 is 0 Å². The molecule has 1 aromatic heterocycles. The topological polar surface area (TPSA) is 39.6 Å². The highest BCUT2D eigenvalue weighted by molar-refractivity contribution is 5.13. The van der Waals surface area contributed by atoms with Crippen molar-refractivity contribution in [2.24, 2.45) is 0 Å². The van der Waals surface area contributed by atoms with Gasteiger partial charge in [-0.15, -0.1) is 0 Å². The molecule has 1 aliphatic rings. The quantitative estimate of drug-likeness (QED) is 0.894. The van der Waals surface area contributed by atoms with Crippen LogP contribution in [0.1, 0.15) is 32.4 Å². The van der Waals surface area contributed by atoms with Gasteiger partial charge in [0, 0.05) is 51.2 Å². The summed E-state index contributed by atoms with van der Waals surface area (Å²) in [5, 5.41) is 9.86. The molecular weight excluding hydrogens is 238 g/mol. The number of hydrogen-bond acceptors (Lipinski definition) is 4. The van der Waals surface area contributed by atoms with Gasteiger partial charge in [-0.05, 0) is 32.4 Å². The Labute approximate surface area is 116 Å². The molecular formula is C15H25N3O. The largest absolute Gasteiger partial charge is 0.389 e. The zero-order valence-corrected chi connectivity index (χ0v) is 12.2. The maximum atomic E-state index is 9.86. The maximum absolute atomic E-state index is 9.86. The SMILES string of the molecule is CC(c1cccnc1)N1CCN(CC(C)(C)O)CC1. The van der Waals surface area contributed by atoms with Crippen LogP contribution in [0.25, 0.3) is 0 Å². The lowest BCUT2D eigenvalue weighted by atomic mass is 10.1. The molecule has 0 aromatic carbocycles. The maximum Gasteiger partial charge on any atom is 0.0718 e.